The largest absolute Gasteiger partial charge is 0.332 e. The van der Waals surface area contributed by atoms with Crippen molar-refractivity contribution in [3.8, 4) is 11.5 Å². The Hall–Kier alpha value is -2.82. The highest BCUT2D eigenvalue weighted by molar-refractivity contribution is 5.77. The van der Waals surface area contributed by atoms with E-state index in [1.807, 2.05) is 34.1 Å². The van der Waals surface area contributed by atoms with Gasteiger partial charge < -0.3 is 9.47 Å². The summed E-state index contributed by atoms with van der Waals surface area (Å²) in [5.41, 5.74) is 4.45. The van der Waals surface area contributed by atoms with Gasteiger partial charge in [-0.15, -0.1) is 0 Å². The van der Waals surface area contributed by atoms with Gasteiger partial charge in [-0.1, -0.05) is 25.0 Å². The molecule has 144 valence electrons. The first kappa shape index (κ1) is 17.3. The fraction of sp³-hybridized carbons (Fsp3) is 0.391. The second kappa shape index (κ2) is 6.97. The lowest BCUT2D eigenvalue weighted by molar-refractivity contribution is -0.132. The van der Waals surface area contributed by atoms with Crippen molar-refractivity contribution in [3.63, 3.8) is 0 Å². The van der Waals surface area contributed by atoms with Gasteiger partial charge in [-0.25, -0.2) is 4.68 Å². The molecule has 3 aromatic rings. The Bertz CT molecular complexity index is 996. The molecule has 28 heavy (non-hydrogen) atoms. The zero-order valence-corrected chi connectivity index (χ0v) is 16.3. The van der Waals surface area contributed by atoms with Gasteiger partial charge in [-0.3, -0.25) is 4.79 Å². The van der Waals surface area contributed by atoms with E-state index in [-0.39, 0.29) is 5.91 Å². The number of rotatable bonds is 4. The molecular weight excluding hydrogens is 348 g/mol. The summed E-state index contributed by atoms with van der Waals surface area (Å²) < 4.78 is 4.13. The number of aromatic nitrogens is 3. The topological polar surface area (TPSA) is 43.1 Å². The molecule has 0 unspecified atom stereocenters. The quantitative estimate of drug-likeness (QED) is 0.680. The highest BCUT2D eigenvalue weighted by atomic mass is 16.2. The zero-order chi connectivity index (χ0) is 19.1. The maximum atomic E-state index is 12.8. The summed E-state index contributed by atoms with van der Waals surface area (Å²) >= 11 is 0. The summed E-state index contributed by atoms with van der Waals surface area (Å²) in [6.45, 7) is 3.37. The van der Waals surface area contributed by atoms with E-state index in [1.165, 1.54) is 31.2 Å². The lowest BCUT2D eigenvalue weighted by Crippen LogP contribution is -2.27. The summed E-state index contributed by atoms with van der Waals surface area (Å²) in [5.74, 6) is 1.91. The van der Waals surface area contributed by atoms with Crippen molar-refractivity contribution < 1.29 is 4.79 Å². The maximum Gasteiger partial charge on any atom is 0.223 e. The van der Waals surface area contributed by atoms with Gasteiger partial charge >= 0.3 is 0 Å². The van der Waals surface area contributed by atoms with Crippen LogP contribution in [0.5, 0.6) is 0 Å². The predicted octanol–water partition coefficient (Wildman–Crippen LogP) is 4.39. The Morgan fingerprint density at radius 3 is 2.64 bits per heavy atom. The Morgan fingerprint density at radius 2 is 1.89 bits per heavy atom. The molecule has 0 N–H and O–H groups in total. The molecule has 5 nitrogen and oxygen atoms in total. The average molecular weight is 374 g/mol. The molecule has 2 aliphatic rings. The Kier molecular flexibility index (Phi) is 4.30. The molecule has 1 aliphatic carbocycles. The minimum Gasteiger partial charge on any atom is -0.332 e. The maximum absolute atomic E-state index is 12.8. The number of aryl methyl sites for hydroxylation is 1. The molecule has 0 bridgehead atoms. The fourth-order valence-electron chi connectivity index (χ4n) is 4.65. The molecule has 3 heterocycles. The van der Waals surface area contributed by atoms with E-state index in [2.05, 4.69) is 35.8 Å². The first-order valence-electron chi connectivity index (χ1n) is 10.3. The summed E-state index contributed by atoms with van der Waals surface area (Å²) in [7, 11) is 0. The summed E-state index contributed by atoms with van der Waals surface area (Å²) in [6.07, 6.45) is 9.76. The van der Waals surface area contributed by atoms with Crippen molar-refractivity contribution >= 4 is 5.91 Å². The van der Waals surface area contributed by atoms with E-state index in [4.69, 9.17) is 5.10 Å². The van der Waals surface area contributed by atoms with E-state index in [0.717, 1.165) is 22.8 Å². The number of amides is 1. The molecule has 5 rings (SSSR count). The molecule has 0 radical (unpaired) electrons. The summed E-state index contributed by atoms with van der Waals surface area (Å²) in [4.78, 5) is 14.8. The van der Waals surface area contributed by atoms with E-state index in [1.54, 1.807) is 0 Å². The van der Waals surface area contributed by atoms with Crippen molar-refractivity contribution in [2.75, 3.05) is 0 Å². The number of carbonyl (C=O) groups is 1. The molecule has 1 amide bonds. The van der Waals surface area contributed by atoms with Crippen LogP contribution in [-0.4, -0.2) is 25.2 Å². The van der Waals surface area contributed by atoms with E-state index >= 15 is 0 Å². The average Bonchev–Trinajstić information content (AvgIpc) is 3.45. The van der Waals surface area contributed by atoms with Gasteiger partial charge in [0.2, 0.25) is 5.91 Å². The number of hydrogen-bond acceptors (Lipinski definition) is 2. The number of benzene rings is 1. The number of hydrogen-bond donors (Lipinski definition) is 0. The number of fused-ring (bicyclic) bond motifs is 1. The van der Waals surface area contributed by atoms with Crippen molar-refractivity contribution in [1.29, 1.82) is 0 Å². The predicted molar refractivity (Wildman–Crippen MR) is 108 cm³/mol. The van der Waals surface area contributed by atoms with Crippen LogP contribution >= 0.6 is 0 Å². The number of nitrogens with zero attached hydrogens (tertiary/aromatic N) is 4. The lowest BCUT2D eigenvalue weighted by Gasteiger charge is -2.19. The van der Waals surface area contributed by atoms with Crippen molar-refractivity contribution in [2.45, 2.75) is 52.1 Å². The minimum absolute atomic E-state index is 0.283. The Labute approximate surface area is 165 Å². The monoisotopic (exact) mass is 374 g/mol. The molecule has 0 atom stereocenters. The zero-order valence-electron chi connectivity index (χ0n) is 16.3. The van der Waals surface area contributed by atoms with Gasteiger partial charge in [-0.05, 0) is 55.5 Å². The van der Waals surface area contributed by atoms with Crippen LogP contribution in [0.15, 0.2) is 48.8 Å². The van der Waals surface area contributed by atoms with Crippen LogP contribution in [0.25, 0.3) is 11.5 Å². The molecular formula is C23H26N4O. The van der Waals surface area contributed by atoms with Gasteiger partial charge in [-0.2, -0.15) is 5.10 Å². The second-order valence-corrected chi connectivity index (χ2v) is 8.19. The van der Waals surface area contributed by atoms with Gasteiger partial charge in [0.05, 0.1) is 24.5 Å². The highest BCUT2D eigenvalue weighted by Crippen LogP contribution is 2.33. The molecule has 5 heteroatoms. The third-order valence-corrected chi connectivity index (χ3v) is 6.12. The molecule has 1 aliphatic heterocycles. The second-order valence-electron chi connectivity index (χ2n) is 8.19. The normalized spacial score (nSPS) is 16.7. The Morgan fingerprint density at radius 1 is 1.11 bits per heavy atom. The molecule has 1 aromatic carbocycles. The third-order valence-electron chi connectivity index (χ3n) is 6.12. The van der Waals surface area contributed by atoms with Crippen molar-refractivity contribution in [2.24, 2.45) is 5.92 Å². The Balaban J connectivity index is 1.47. The number of carbonyl (C=O) groups excluding carboxylic acids is 1. The SMILES string of the molecule is Cc1cccc(-n2nc3c(c2-n2cccc2)CN(C(=O)CC2CCCC2)C3)c1. The van der Waals surface area contributed by atoms with Crippen LogP contribution in [0, 0.1) is 12.8 Å². The molecule has 2 aromatic heterocycles. The van der Waals surface area contributed by atoms with Gasteiger partial charge in [0, 0.05) is 24.4 Å². The van der Waals surface area contributed by atoms with Gasteiger partial charge in [0.25, 0.3) is 0 Å². The lowest BCUT2D eigenvalue weighted by atomic mass is 10.0. The minimum atomic E-state index is 0.283. The van der Waals surface area contributed by atoms with Crippen molar-refractivity contribution in [1.82, 2.24) is 19.2 Å². The molecule has 0 saturated heterocycles. The van der Waals surface area contributed by atoms with E-state index < -0.39 is 0 Å². The van der Waals surface area contributed by atoms with Crippen LogP contribution in [0.2, 0.25) is 0 Å². The van der Waals surface area contributed by atoms with Gasteiger partial charge in [0.1, 0.15) is 5.82 Å². The third kappa shape index (κ3) is 3.05. The molecule has 1 fully saturated rings. The summed E-state index contributed by atoms with van der Waals surface area (Å²) in [5, 5.41) is 4.92. The van der Waals surface area contributed by atoms with Crippen LogP contribution in [0.1, 0.15) is 48.9 Å². The molecule has 0 spiro atoms. The van der Waals surface area contributed by atoms with E-state index in [0.29, 0.717) is 25.4 Å². The van der Waals surface area contributed by atoms with Crippen LogP contribution < -0.4 is 0 Å². The summed E-state index contributed by atoms with van der Waals surface area (Å²) in [6, 6.07) is 12.5. The first-order chi connectivity index (χ1) is 13.7. The van der Waals surface area contributed by atoms with Crippen LogP contribution in [0.3, 0.4) is 0 Å². The van der Waals surface area contributed by atoms with Gasteiger partial charge in [0.15, 0.2) is 0 Å². The van der Waals surface area contributed by atoms with E-state index in [9.17, 15) is 4.79 Å². The molecule has 1 saturated carbocycles. The van der Waals surface area contributed by atoms with Crippen LogP contribution in [0.4, 0.5) is 0 Å². The smallest absolute Gasteiger partial charge is 0.223 e. The fourth-order valence-corrected chi connectivity index (χ4v) is 4.65. The van der Waals surface area contributed by atoms with Crippen LogP contribution in [-0.2, 0) is 17.9 Å². The first-order valence-corrected chi connectivity index (χ1v) is 10.3. The standard InChI is InChI=1S/C23H26N4O/c1-17-7-6-10-19(13-17)27-23(25-11-4-5-12-25)20-15-26(16-21(20)24-27)22(28)14-18-8-2-3-9-18/h4-7,10-13,18H,2-3,8-9,14-16H2,1H3. The highest BCUT2D eigenvalue weighted by Gasteiger charge is 2.32. The van der Waals surface area contributed by atoms with Crippen molar-refractivity contribution in [3.05, 3.63) is 65.6 Å².